The largest absolute Gasteiger partial charge is 0.480 e. The van der Waals surface area contributed by atoms with E-state index in [0.29, 0.717) is 23.6 Å². The van der Waals surface area contributed by atoms with E-state index in [1.54, 1.807) is 6.08 Å². The first-order valence-corrected chi connectivity index (χ1v) is 8.27. The van der Waals surface area contributed by atoms with Gasteiger partial charge in [0.25, 0.3) is 0 Å². The van der Waals surface area contributed by atoms with Crippen molar-refractivity contribution < 1.29 is 17.9 Å². The zero-order valence-corrected chi connectivity index (χ0v) is 14.3. The number of aromatic nitrogens is 2. The minimum absolute atomic E-state index is 0.264. The van der Waals surface area contributed by atoms with Crippen molar-refractivity contribution in [1.29, 1.82) is 0 Å². The molecular formula is C19H15F3N4O. The summed E-state index contributed by atoms with van der Waals surface area (Å²) in [6.45, 7) is 0. The minimum atomic E-state index is -4.43. The van der Waals surface area contributed by atoms with Gasteiger partial charge in [0.15, 0.2) is 6.17 Å². The summed E-state index contributed by atoms with van der Waals surface area (Å²) in [5, 5.41) is 8.28. The van der Waals surface area contributed by atoms with Crippen molar-refractivity contribution in [2.75, 3.05) is 7.11 Å². The number of methoxy groups -OCH3 is 1. The Kier molecular flexibility index (Phi) is 4.18. The van der Waals surface area contributed by atoms with Crippen LogP contribution in [0, 0.1) is 0 Å². The number of ether oxygens (including phenoxy) is 1. The lowest BCUT2D eigenvalue weighted by atomic mass is 10.2. The normalized spacial score (nSPS) is 17.2. The average Bonchev–Trinajstić information content (AvgIpc) is 3.07. The second kappa shape index (κ2) is 6.53. The van der Waals surface area contributed by atoms with Gasteiger partial charge in [0.2, 0.25) is 5.88 Å². The van der Waals surface area contributed by atoms with Crippen LogP contribution in [0.25, 0.3) is 22.4 Å². The van der Waals surface area contributed by atoms with Crippen LogP contribution in [0.2, 0.25) is 0 Å². The lowest BCUT2D eigenvalue weighted by molar-refractivity contribution is -0.137. The van der Waals surface area contributed by atoms with Crippen molar-refractivity contribution >= 4 is 11.0 Å². The zero-order valence-electron chi connectivity index (χ0n) is 14.3. The van der Waals surface area contributed by atoms with E-state index in [9.17, 15) is 13.2 Å². The van der Waals surface area contributed by atoms with E-state index >= 15 is 0 Å². The van der Waals surface area contributed by atoms with Gasteiger partial charge >= 0.3 is 6.18 Å². The number of halogens is 3. The van der Waals surface area contributed by atoms with Crippen LogP contribution in [0.3, 0.4) is 0 Å². The fourth-order valence-electron chi connectivity index (χ4n) is 3.07. The van der Waals surface area contributed by atoms with Crippen LogP contribution in [-0.4, -0.2) is 16.7 Å². The monoisotopic (exact) mass is 372 g/mol. The van der Waals surface area contributed by atoms with Gasteiger partial charge in [-0.3, -0.25) is 4.57 Å². The molecule has 0 fully saturated rings. The molecule has 5 nitrogen and oxygen atoms in total. The highest BCUT2D eigenvalue weighted by molar-refractivity contribution is 5.81. The first-order chi connectivity index (χ1) is 13.0. The summed E-state index contributed by atoms with van der Waals surface area (Å²) < 4.78 is 46.2. The second-order valence-corrected chi connectivity index (χ2v) is 6.05. The maximum Gasteiger partial charge on any atom is 0.416 e. The molecule has 3 aromatic rings. The summed E-state index contributed by atoms with van der Waals surface area (Å²) in [5.41, 5.74) is 0.894. The van der Waals surface area contributed by atoms with Crippen molar-refractivity contribution in [2.24, 2.45) is 10.2 Å². The van der Waals surface area contributed by atoms with Crippen LogP contribution >= 0.6 is 0 Å². The molecule has 0 radical (unpaired) electrons. The van der Waals surface area contributed by atoms with E-state index in [-0.39, 0.29) is 5.52 Å². The molecule has 27 heavy (non-hydrogen) atoms. The Balaban J connectivity index is 1.89. The second-order valence-electron chi connectivity index (χ2n) is 6.05. The molecule has 0 aliphatic carbocycles. The Morgan fingerprint density at radius 1 is 1.11 bits per heavy atom. The molecule has 0 saturated carbocycles. The van der Waals surface area contributed by atoms with E-state index in [4.69, 9.17) is 4.74 Å². The molecule has 138 valence electrons. The Morgan fingerprint density at radius 3 is 2.52 bits per heavy atom. The zero-order chi connectivity index (χ0) is 19.0. The van der Waals surface area contributed by atoms with Crippen molar-refractivity contribution in [3.8, 4) is 11.4 Å². The standard InChI is InChI=1S/C19H15F3N4O/c1-27-17-10-9-16(24-25-17)26-15-8-7-13(19(20,21)22)11-14(15)23-18(26)12-5-3-2-4-6-12/h2-8,10-11,16H,9H2,1H3. The quantitative estimate of drug-likeness (QED) is 0.604. The Morgan fingerprint density at radius 2 is 1.89 bits per heavy atom. The van der Waals surface area contributed by atoms with Gasteiger partial charge in [-0.15, -0.1) is 5.11 Å². The molecule has 0 bridgehead atoms. The number of fused-ring (bicyclic) bond motifs is 1. The third kappa shape index (κ3) is 3.18. The fraction of sp³-hybridized carbons (Fsp3) is 0.211. The smallest absolute Gasteiger partial charge is 0.416 e. The van der Waals surface area contributed by atoms with Crippen LogP contribution in [0.5, 0.6) is 0 Å². The third-order valence-electron chi connectivity index (χ3n) is 4.35. The Bertz CT molecular complexity index is 1040. The highest BCUT2D eigenvalue weighted by Crippen LogP contribution is 2.36. The molecule has 1 aliphatic heterocycles. The van der Waals surface area contributed by atoms with Crippen molar-refractivity contribution in [2.45, 2.75) is 18.8 Å². The molecule has 4 rings (SSSR count). The molecule has 0 saturated heterocycles. The number of hydrogen-bond acceptors (Lipinski definition) is 4. The molecule has 2 aromatic carbocycles. The maximum absolute atomic E-state index is 13.1. The lowest BCUT2D eigenvalue weighted by Gasteiger charge is -2.18. The summed E-state index contributed by atoms with van der Waals surface area (Å²) in [4.78, 5) is 4.48. The van der Waals surface area contributed by atoms with Crippen molar-refractivity contribution in [3.63, 3.8) is 0 Å². The molecule has 1 atom stereocenters. The summed E-state index contributed by atoms with van der Waals surface area (Å²) in [6.07, 6.45) is -2.55. The molecule has 8 heteroatoms. The molecule has 0 N–H and O–H groups in total. The van der Waals surface area contributed by atoms with Crippen molar-refractivity contribution in [3.05, 3.63) is 66.1 Å². The topological polar surface area (TPSA) is 51.8 Å². The average molecular weight is 372 g/mol. The summed E-state index contributed by atoms with van der Waals surface area (Å²) >= 11 is 0. The molecule has 0 spiro atoms. The van der Waals surface area contributed by atoms with Gasteiger partial charge in [0.05, 0.1) is 23.7 Å². The van der Waals surface area contributed by atoms with Crippen LogP contribution in [0.4, 0.5) is 13.2 Å². The van der Waals surface area contributed by atoms with E-state index in [1.165, 1.54) is 13.2 Å². The number of alkyl halides is 3. The summed E-state index contributed by atoms with van der Waals surface area (Å²) in [5.74, 6) is 0.958. The maximum atomic E-state index is 13.1. The van der Waals surface area contributed by atoms with Crippen LogP contribution in [0.1, 0.15) is 18.2 Å². The number of benzene rings is 2. The predicted octanol–water partition coefficient (Wildman–Crippen LogP) is 5.56. The number of rotatable bonds is 3. The van der Waals surface area contributed by atoms with E-state index in [0.717, 1.165) is 17.7 Å². The van der Waals surface area contributed by atoms with E-state index < -0.39 is 17.9 Å². The molecule has 2 heterocycles. The van der Waals surface area contributed by atoms with Gasteiger partial charge < -0.3 is 4.74 Å². The molecule has 0 amide bonds. The first kappa shape index (κ1) is 17.3. The minimum Gasteiger partial charge on any atom is -0.480 e. The van der Waals surface area contributed by atoms with Crippen LogP contribution in [0.15, 0.2) is 70.7 Å². The SMILES string of the molecule is COC1=CCC(n2c(-c3ccccc3)nc3cc(C(F)(F)F)ccc32)N=N1. The van der Waals surface area contributed by atoms with Gasteiger partial charge in [-0.1, -0.05) is 30.3 Å². The molecule has 1 aromatic heterocycles. The van der Waals surface area contributed by atoms with E-state index in [2.05, 4.69) is 15.2 Å². The van der Waals surface area contributed by atoms with E-state index in [1.807, 2.05) is 34.9 Å². The highest BCUT2D eigenvalue weighted by atomic mass is 19.4. The van der Waals surface area contributed by atoms with Gasteiger partial charge in [-0.2, -0.15) is 18.3 Å². The Labute approximate surface area is 152 Å². The predicted molar refractivity (Wildman–Crippen MR) is 93.8 cm³/mol. The number of azo groups is 1. The number of imidazole rings is 1. The van der Waals surface area contributed by atoms with Crippen LogP contribution in [-0.2, 0) is 10.9 Å². The van der Waals surface area contributed by atoms with Crippen LogP contribution < -0.4 is 0 Å². The van der Waals surface area contributed by atoms with Gasteiger partial charge in [0.1, 0.15) is 5.82 Å². The highest BCUT2D eigenvalue weighted by Gasteiger charge is 2.31. The Hall–Kier alpha value is -3.16. The molecule has 1 unspecified atom stereocenters. The van der Waals surface area contributed by atoms with Gasteiger partial charge in [-0.05, 0) is 24.3 Å². The van der Waals surface area contributed by atoms with Gasteiger partial charge in [0, 0.05) is 12.0 Å². The molecule has 1 aliphatic rings. The summed E-state index contributed by atoms with van der Waals surface area (Å²) in [7, 11) is 1.51. The summed E-state index contributed by atoms with van der Waals surface area (Å²) in [6, 6.07) is 12.9. The first-order valence-electron chi connectivity index (χ1n) is 8.27. The number of hydrogen-bond donors (Lipinski definition) is 0. The fourth-order valence-corrected chi connectivity index (χ4v) is 3.07. The number of nitrogens with zero attached hydrogens (tertiary/aromatic N) is 4. The lowest BCUT2D eigenvalue weighted by Crippen LogP contribution is -2.10. The third-order valence-corrected chi connectivity index (χ3v) is 4.35. The molecular weight excluding hydrogens is 357 g/mol. The van der Waals surface area contributed by atoms with Crippen molar-refractivity contribution in [1.82, 2.24) is 9.55 Å². The van der Waals surface area contributed by atoms with Gasteiger partial charge in [-0.25, -0.2) is 4.98 Å².